The third-order valence-electron chi connectivity index (χ3n) is 2.79. The van der Waals surface area contributed by atoms with Gasteiger partial charge in [0.2, 0.25) is 0 Å². The molecule has 2 rings (SSSR count). The average molecular weight is 230 g/mol. The van der Waals surface area contributed by atoms with Crippen LogP contribution in [0.5, 0.6) is 0 Å². The highest BCUT2D eigenvalue weighted by atomic mass is 15.3. The fourth-order valence-corrected chi connectivity index (χ4v) is 1.91. The molecule has 0 fully saturated rings. The van der Waals surface area contributed by atoms with Crippen LogP contribution in [0, 0.1) is 0 Å². The van der Waals surface area contributed by atoms with Gasteiger partial charge in [0.15, 0.2) is 0 Å². The Morgan fingerprint density at radius 3 is 2.59 bits per heavy atom. The van der Waals surface area contributed by atoms with Crippen molar-refractivity contribution in [3.63, 3.8) is 0 Å². The molecular formula is C13H18N4. The first kappa shape index (κ1) is 11.8. The fraction of sp³-hybridized carbons (Fsp3) is 0.385. The van der Waals surface area contributed by atoms with Gasteiger partial charge in [-0.1, -0.05) is 6.92 Å². The first-order chi connectivity index (χ1) is 8.33. The Bertz CT molecular complexity index is 449. The molecule has 17 heavy (non-hydrogen) atoms. The zero-order chi connectivity index (χ0) is 12.1. The maximum atomic E-state index is 4.23. The molecule has 4 nitrogen and oxygen atoms in total. The number of rotatable bonds is 5. The van der Waals surface area contributed by atoms with E-state index in [0.717, 1.165) is 13.0 Å². The lowest BCUT2D eigenvalue weighted by Crippen LogP contribution is -2.25. The zero-order valence-electron chi connectivity index (χ0n) is 10.3. The van der Waals surface area contributed by atoms with Gasteiger partial charge in [0.05, 0.1) is 11.7 Å². The molecule has 0 saturated heterocycles. The fourth-order valence-electron chi connectivity index (χ4n) is 1.91. The Kier molecular flexibility index (Phi) is 3.88. The standard InChI is InChI=1S/C13H18N4/c1-3-7-15-13(11-4-8-14-9-5-11)12-6-10-16-17(12)2/h4-6,8-10,13,15H,3,7H2,1-2H3. The molecule has 1 atom stereocenters. The van der Waals surface area contributed by atoms with Crippen LogP contribution in [-0.4, -0.2) is 21.3 Å². The highest BCUT2D eigenvalue weighted by Crippen LogP contribution is 2.20. The quantitative estimate of drug-likeness (QED) is 0.853. The molecule has 0 bridgehead atoms. The van der Waals surface area contributed by atoms with E-state index in [2.05, 4.69) is 22.3 Å². The SMILES string of the molecule is CCCNC(c1ccncc1)c1ccnn1C. The van der Waals surface area contributed by atoms with Gasteiger partial charge in [-0.15, -0.1) is 0 Å². The summed E-state index contributed by atoms with van der Waals surface area (Å²) in [5.74, 6) is 0. The molecule has 2 heterocycles. The first-order valence-corrected chi connectivity index (χ1v) is 5.94. The van der Waals surface area contributed by atoms with E-state index in [1.54, 1.807) is 0 Å². The largest absolute Gasteiger partial charge is 0.305 e. The molecule has 1 unspecified atom stereocenters. The van der Waals surface area contributed by atoms with E-state index in [0.29, 0.717) is 0 Å². The summed E-state index contributed by atoms with van der Waals surface area (Å²) in [6, 6.07) is 6.32. The van der Waals surface area contributed by atoms with Crippen molar-refractivity contribution in [2.75, 3.05) is 6.54 Å². The van der Waals surface area contributed by atoms with Crippen LogP contribution in [0.25, 0.3) is 0 Å². The summed E-state index contributed by atoms with van der Waals surface area (Å²) in [4.78, 5) is 4.06. The third kappa shape index (κ3) is 2.71. The van der Waals surface area contributed by atoms with E-state index in [4.69, 9.17) is 0 Å². The van der Waals surface area contributed by atoms with E-state index in [1.165, 1.54) is 11.3 Å². The highest BCUT2D eigenvalue weighted by molar-refractivity contribution is 5.25. The lowest BCUT2D eigenvalue weighted by atomic mass is 10.1. The molecule has 0 aliphatic heterocycles. The van der Waals surface area contributed by atoms with Crippen LogP contribution in [0.1, 0.15) is 30.6 Å². The second-order valence-electron chi connectivity index (χ2n) is 4.05. The molecule has 2 aromatic heterocycles. The topological polar surface area (TPSA) is 42.7 Å². The smallest absolute Gasteiger partial charge is 0.0749 e. The van der Waals surface area contributed by atoms with Gasteiger partial charge < -0.3 is 5.32 Å². The summed E-state index contributed by atoms with van der Waals surface area (Å²) in [6.07, 6.45) is 6.59. The van der Waals surface area contributed by atoms with Crippen molar-refractivity contribution in [3.05, 3.63) is 48.0 Å². The van der Waals surface area contributed by atoms with Crippen LogP contribution in [0.2, 0.25) is 0 Å². The second-order valence-corrected chi connectivity index (χ2v) is 4.05. The molecule has 0 radical (unpaired) electrons. The Labute approximate surface area is 102 Å². The molecule has 0 aromatic carbocycles. The Balaban J connectivity index is 2.29. The Hall–Kier alpha value is -1.68. The van der Waals surface area contributed by atoms with Gasteiger partial charge in [-0.2, -0.15) is 5.10 Å². The molecule has 0 aliphatic rings. The maximum Gasteiger partial charge on any atom is 0.0749 e. The van der Waals surface area contributed by atoms with E-state index in [9.17, 15) is 0 Å². The Morgan fingerprint density at radius 2 is 2.00 bits per heavy atom. The van der Waals surface area contributed by atoms with Crippen molar-refractivity contribution in [2.45, 2.75) is 19.4 Å². The van der Waals surface area contributed by atoms with Crippen molar-refractivity contribution in [1.82, 2.24) is 20.1 Å². The van der Waals surface area contributed by atoms with Crippen molar-refractivity contribution in [2.24, 2.45) is 7.05 Å². The molecule has 0 amide bonds. The molecule has 4 heteroatoms. The minimum Gasteiger partial charge on any atom is -0.305 e. The second kappa shape index (κ2) is 5.59. The van der Waals surface area contributed by atoms with Gasteiger partial charge in [-0.25, -0.2) is 0 Å². The number of aryl methyl sites for hydroxylation is 1. The maximum absolute atomic E-state index is 4.23. The summed E-state index contributed by atoms with van der Waals surface area (Å²) < 4.78 is 1.91. The third-order valence-corrected chi connectivity index (χ3v) is 2.79. The van der Waals surface area contributed by atoms with Gasteiger partial charge in [0.1, 0.15) is 0 Å². The molecule has 2 aromatic rings. The zero-order valence-corrected chi connectivity index (χ0v) is 10.3. The Morgan fingerprint density at radius 1 is 1.24 bits per heavy atom. The monoisotopic (exact) mass is 230 g/mol. The van der Waals surface area contributed by atoms with E-state index < -0.39 is 0 Å². The van der Waals surface area contributed by atoms with Crippen LogP contribution < -0.4 is 5.32 Å². The number of nitrogens with one attached hydrogen (secondary N) is 1. The van der Waals surface area contributed by atoms with Gasteiger partial charge in [0, 0.05) is 25.6 Å². The summed E-state index contributed by atoms with van der Waals surface area (Å²) >= 11 is 0. The van der Waals surface area contributed by atoms with Crippen LogP contribution in [0.3, 0.4) is 0 Å². The molecule has 0 saturated carbocycles. The number of aromatic nitrogens is 3. The molecule has 1 N–H and O–H groups in total. The lowest BCUT2D eigenvalue weighted by molar-refractivity contribution is 0.553. The van der Waals surface area contributed by atoms with Crippen LogP contribution in [0.15, 0.2) is 36.8 Å². The van der Waals surface area contributed by atoms with Crippen LogP contribution in [-0.2, 0) is 7.05 Å². The minimum atomic E-state index is 0.186. The van der Waals surface area contributed by atoms with Crippen molar-refractivity contribution < 1.29 is 0 Å². The first-order valence-electron chi connectivity index (χ1n) is 5.94. The summed E-state index contributed by atoms with van der Waals surface area (Å²) in [7, 11) is 1.97. The van der Waals surface area contributed by atoms with Crippen molar-refractivity contribution in [3.8, 4) is 0 Å². The van der Waals surface area contributed by atoms with Gasteiger partial charge in [0.25, 0.3) is 0 Å². The average Bonchev–Trinajstić information content (AvgIpc) is 2.78. The van der Waals surface area contributed by atoms with Crippen molar-refractivity contribution >= 4 is 0 Å². The van der Waals surface area contributed by atoms with Crippen LogP contribution >= 0.6 is 0 Å². The van der Waals surface area contributed by atoms with Gasteiger partial charge >= 0.3 is 0 Å². The number of hydrogen-bond acceptors (Lipinski definition) is 3. The molecule has 90 valence electrons. The summed E-state index contributed by atoms with van der Waals surface area (Å²) in [6.45, 7) is 3.15. The normalized spacial score (nSPS) is 12.6. The molecule has 0 spiro atoms. The predicted molar refractivity (Wildman–Crippen MR) is 67.6 cm³/mol. The van der Waals surface area contributed by atoms with E-state index in [1.807, 2.05) is 48.5 Å². The highest BCUT2D eigenvalue weighted by Gasteiger charge is 2.15. The summed E-state index contributed by atoms with van der Waals surface area (Å²) in [5, 5.41) is 7.77. The number of nitrogens with zero attached hydrogens (tertiary/aromatic N) is 3. The van der Waals surface area contributed by atoms with Gasteiger partial charge in [-0.05, 0) is 36.7 Å². The van der Waals surface area contributed by atoms with Crippen molar-refractivity contribution in [1.29, 1.82) is 0 Å². The number of pyridine rings is 1. The molecule has 0 aliphatic carbocycles. The number of hydrogen-bond donors (Lipinski definition) is 1. The van der Waals surface area contributed by atoms with Crippen LogP contribution in [0.4, 0.5) is 0 Å². The predicted octanol–water partition coefficient (Wildman–Crippen LogP) is 1.90. The molecular weight excluding hydrogens is 212 g/mol. The summed E-state index contributed by atoms with van der Waals surface area (Å²) in [5.41, 5.74) is 2.39. The van der Waals surface area contributed by atoms with Gasteiger partial charge in [-0.3, -0.25) is 9.67 Å². The minimum absolute atomic E-state index is 0.186. The van der Waals surface area contributed by atoms with E-state index >= 15 is 0 Å². The lowest BCUT2D eigenvalue weighted by Gasteiger charge is -2.19. The van der Waals surface area contributed by atoms with E-state index in [-0.39, 0.29) is 6.04 Å².